The Bertz CT molecular complexity index is 920. The molecule has 4 rings (SSSR count). The molecule has 0 radical (unpaired) electrons. The molecule has 2 aromatic heterocycles. The van der Waals surface area contributed by atoms with Gasteiger partial charge in [0.1, 0.15) is 5.82 Å². The highest BCUT2D eigenvalue weighted by Crippen LogP contribution is 2.23. The molecule has 1 N–H and O–H groups in total. The maximum absolute atomic E-state index is 12.5. The van der Waals surface area contributed by atoms with Crippen LogP contribution < -0.4 is 5.32 Å². The fourth-order valence-corrected chi connectivity index (χ4v) is 4.30. The number of hydrogen-bond donors (Lipinski definition) is 1. The van der Waals surface area contributed by atoms with E-state index in [0.717, 1.165) is 25.1 Å². The van der Waals surface area contributed by atoms with Crippen LogP contribution in [0.4, 0.5) is 5.82 Å². The van der Waals surface area contributed by atoms with Crippen LogP contribution in [-0.2, 0) is 24.3 Å². The average Bonchev–Trinajstić information content (AvgIpc) is 3.24. The minimum absolute atomic E-state index is 0.0171. The standard InChI is InChI=1S/C19H19ClN4OS/c20-16-3-1-2-14(10-16)11-24-18(4-7-21-24)22-19(25)13-23-8-5-17-15(12-23)6-9-26-17/h1-4,6-7,9-10H,5,8,11-13H2,(H,22,25). The molecule has 1 aliphatic heterocycles. The number of benzene rings is 1. The summed E-state index contributed by atoms with van der Waals surface area (Å²) in [6.07, 6.45) is 2.71. The van der Waals surface area contributed by atoms with Crippen molar-refractivity contribution in [2.24, 2.45) is 0 Å². The third kappa shape index (κ3) is 3.98. The summed E-state index contributed by atoms with van der Waals surface area (Å²) in [5.74, 6) is 0.680. The van der Waals surface area contributed by atoms with Crippen molar-refractivity contribution in [1.29, 1.82) is 0 Å². The van der Waals surface area contributed by atoms with Gasteiger partial charge in [0.05, 0.1) is 19.3 Å². The molecule has 0 saturated heterocycles. The highest BCUT2D eigenvalue weighted by atomic mass is 35.5. The molecule has 1 amide bonds. The van der Waals surface area contributed by atoms with Gasteiger partial charge in [-0.15, -0.1) is 11.3 Å². The first-order valence-corrected chi connectivity index (χ1v) is 9.77. The lowest BCUT2D eigenvalue weighted by molar-refractivity contribution is -0.117. The third-order valence-corrected chi connectivity index (χ3v) is 5.72. The zero-order chi connectivity index (χ0) is 17.9. The van der Waals surface area contributed by atoms with Crippen molar-refractivity contribution < 1.29 is 4.79 Å². The van der Waals surface area contributed by atoms with Crippen LogP contribution in [0.15, 0.2) is 48.0 Å². The lowest BCUT2D eigenvalue weighted by atomic mass is 10.1. The molecule has 0 unspecified atom stereocenters. The maximum Gasteiger partial charge on any atom is 0.239 e. The van der Waals surface area contributed by atoms with Gasteiger partial charge < -0.3 is 5.32 Å². The summed E-state index contributed by atoms with van der Waals surface area (Å²) in [5.41, 5.74) is 2.39. The molecule has 0 atom stereocenters. The fraction of sp³-hybridized carbons (Fsp3) is 0.263. The van der Waals surface area contributed by atoms with E-state index < -0.39 is 0 Å². The monoisotopic (exact) mass is 386 g/mol. The number of thiophene rings is 1. The van der Waals surface area contributed by atoms with E-state index in [1.54, 1.807) is 22.2 Å². The highest BCUT2D eigenvalue weighted by Gasteiger charge is 2.19. The van der Waals surface area contributed by atoms with Crippen molar-refractivity contribution in [3.05, 3.63) is 69.0 Å². The lowest BCUT2D eigenvalue weighted by Gasteiger charge is -2.26. The summed E-state index contributed by atoms with van der Waals surface area (Å²) in [5, 5.41) is 10.1. The minimum Gasteiger partial charge on any atom is -0.310 e. The van der Waals surface area contributed by atoms with E-state index in [1.165, 1.54) is 10.4 Å². The van der Waals surface area contributed by atoms with E-state index in [1.807, 2.05) is 30.3 Å². The molecule has 1 aliphatic rings. The molecule has 5 nitrogen and oxygen atoms in total. The van der Waals surface area contributed by atoms with Gasteiger partial charge >= 0.3 is 0 Å². The Morgan fingerprint density at radius 3 is 3.12 bits per heavy atom. The second-order valence-corrected chi connectivity index (χ2v) is 7.82. The van der Waals surface area contributed by atoms with Crippen LogP contribution >= 0.6 is 22.9 Å². The van der Waals surface area contributed by atoms with E-state index in [9.17, 15) is 4.79 Å². The summed E-state index contributed by atoms with van der Waals surface area (Å²) >= 11 is 7.85. The van der Waals surface area contributed by atoms with Crippen molar-refractivity contribution in [3.63, 3.8) is 0 Å². The number of nitrogens with zero attached hydrogens (tertiary/aromatic N) is 3. The van der Waals surface area contributed by atoms with E-state index >= 15 is 0 Å². The van der Waals surface area contributed by atoms with Crippen molar-refractivity contribution in [3.8, 4) is 0 Å². The van der Waals surface area contributed by atoms with Gasteiger partial charge in [0, 0.05) is 29.1 Å². The lowest BCUT2D eigenvalue weighted by Crippen LogP contribution is -2.36. The molecule has 0 saturated carbocycles. The molecule has 7 heteroatoms. The highest BCUT2D eigenvalue weighted by molar-refractivity contribution is 7.10. The zero-order valence-electron chi connectivity index (χ0n) is 14.2. The Hall–Kier alpha value is -2.15. The summed E-state index contributed by atoms with van der Waals surface area (Å²) in [4.78, 5) is 16.1. The molecule has 26 heavy (non-hydrogen) atoms. The van der Waals surface area contributed by atoms with Gasteiger partial charge in [-0.25, -0.2) is 4.68 Å². The Balaban J connectivity index is 1.37. The molecule has 3 aromatic rings. The average molecular weight is 387 g/mol. The molecule has 0 bridgehead atoms. The van der Waals surface area contributed by atoms with Gasteiger partial charge in [-0.2, -0.15) is 5.10 Å². The fourth-order valence-electron chi connectivity index (χ4n) is 3.20. The van der Waals surface area contributed by atoms with Crippen molar-refractivity contribution in [2.75, 3.05) is 18.4 Å². The molecule has 134 valence electrons. The summed E-state index contributed by atoms with van der Waals surface area (Å²) in [6, 6.07) is 11.6. The number of amides is 1. The van der Waals surface area contributed by atoms with E-state index in [0.29, 0.717) is 23.9 Å². The Labute approximate surface area is 161 Å². The van der Waals surface area contributed by atoms with Crippen molar-refractivity contribution in [2.45, 2.75) is 19.5 Å². The van der Waals surface area contributed by atoms with Gasteiger partial charge in [0.15, 0.2) is 0 Å². The molecule has 0 spiro atoms. The largest absolute Gasteiger partial charge is 0.310 e. The number of nitrogens with one attached hydrogen (secondary N) is 1. The van der Waals surface area contributed by atoms with Crippen LogP contribution in [0.2, 0.25) is 5.02 Å². The smallest absolute Gasteiger partial charge is 0.239 e. The minimum atomic E-state index is -0.0171. The molecule has 1 aromatic carbocycles. The number of fused-ring (bicyclic) bond motifs is 1. The first-order valence-electron chi connectivity index (χ1n) is 8.51. The topological polar surface area (TPSA) is 50.2 Å². The zero-order valence-corrected chi connectivity index (χ0v) is 15.8. The normalized spacial score (nSPS) is 14.2. The number of carbonyl (C=O) groups is 1. The van der Waals surface area contributed by atoms with E-state index in [4.69, 9.17) is 11.6 Å². The van der Waals surface area contributed by atoms with Gasteiger partial charge in [0.25, 0.3) is 0 Å². The van der Waals surface area contributed by atoms with Crippen LogP contribution in [0.1, 0.15) is 16.0 Å². The molecule has 0 fully saturated rings. The number of halogens is 1. The van der Waals surface area contributed by atoms with Gasteiger partial charge in [-0.05, 0) is 41.1 Å². The van der Waals surface area contributed by atoms with E-state index in [2.05, 4.69) is 26.8 Å². The number of aromatic nitrogens is 2. The van der Waals surface area contributed by atoms with Gasteiger partial charge in [0.2, 0.25) is 5.91 Å². The summed E-state index contributed by atoms with van der Waals surface area (Å²) in [7, 11) is 0. The second-order valence-electron chi connectivity index (χ2n) is 6.38. The first kappa shape index (κ1) is 17.3. The Morgan fingerprint density at radius 1 is 1.31 bits per heavy atom. The summed E-state index contributed by atoms with van der Waals surface area (Å²) < 4.78 is 1.77. The van der Waals surface area contributed by atoms with E-state index in [-0.39, 0.29) is 5.91 Å². The predicted octanol–water partition coefficient (Wildman–Crippen LogP) is 3.64. The molecular weight excluding hydrogens is 368 g/mol. The number of anilines is 1. The molecule has 3 heterocycles. The first-order chi connectivity index (χ1) is 12.7. The van der Waals surface area contributed by atoms with Crippen molar-refractivity contribution in [1.82, 2.24) is 14.7 Å². The SMILES string of the molecule is O=C(CN1CCc2sccc2C1)Nc1ccnn1Cc1cccc(Cl)c1. The quantitative estimate of drug-likeness (QED) is 0.728. The molecule has 0 aliphatic carbocycles. The van der Waals surface area contributed by atoms with Gasteiger partial charge in [-0.1, -0.05) is 23.7 Å². The third-order valence-electron chi connectivity index (χ3n) is 4.46. The second kappa shape index (κ2) is 7.61. The van der Waals surface area contributed by atoms with Crippen LogP contribution in [0, 0.1) is 0 Å². The van der Waals surface area contributed by atoms with Crippen molar-refractivity contribution >= 4 is 34.7 Å². The summed E-state index contributed by atoms with van der Waals surface area (Å²) in [6.45, 7) is 2.71. The van der Waals surface area contributed by atoms with Gasteiger partial charge in [-0.3, -0.25) is 9.69 Å². The van der Waals surface area contributed by atoms with Crippen LogP contribution in [0.3, 0.4) is 0 Å². The number of hydrogen-bond acceptors (Lipinski definition) is 4. The number of carbonyl (C=O) groups excluding carboxylic acids is 1. The van der Waals surface area contributed by atoms with Crippen LogP contribution in [0.5, 0.6) is 0 Å². The maximum atomic E-state index is 12.5. The van der Waals surface area contributed by atoms with Crippen LogP contribution in [0.25, 0.3) is 0 Å². The Morgan fingerprint density at radius 2 is 2.23 bits per heavy atom. The predicted molar refractivity (Wildman–Crippen MR) is 105 cm³/mol. The Kier molecular flexibility index (Phi) is 5.06. The number of rotatable bonds is 5. The molecular formula is C19H19ClN4OS. The van der Waals surface area contributed by atoms with Crippen LogP contribution in [-0.4, -0.2) is 33.7 Å².